The quantitative estimate of drug-likeness (QED) is 0.641. The van der Waals surface area contributed by atoms with E-state index in [0.29, 0.717) is 17.9 Å². The zero-order valence-electron chi connectivity index (χ0n) is 16.3. The predicted octanol–water partition coefficient (Wildman–Crippen LogP) is 3.55. The average molecular weight is 437 g/mol. The Balaban J connectivity index is 0.00000150. The van der Waals surface area contributed by atoms with Gasteiger partial charge in [-0.25, -0.2) is 4.98 Å². The summed E-state index contributed by atoms with van der Waals surface area (Å²) in [6, 6.07) is 11.6. The zero-order valence-corrected chi connectivity index (χ0v) is 17.9. The number of pyridine rings is 1. The molecule has 1 amide bonds. The number of para-hydroxylation sites is 1. The maximum absolute atomic E-state index is 12.7. The lowest BCUT2D eigenvalue weighted by molar-refractivity contribution is 0.0926. The van der Waals surface area contributed by atoms with E-state index in [0.717, 1.165) is 42.8 Å². The molecule has 0 aliphatic carbocycles. The molecule has 2 N–H and O–H groups in total. The van der Waals surface area contributed by atoms with Crippen molar-refractivity contribution in [3.05, 3.63) is 65.6 Å². The summed E-state index contributed by atoms with van der Waals surface area (Å²) in [5, 5.41) is 6.42. The number of fused-ring (bicyclic) bond motifs is 1. The second-order valence-corrected chi connectivity index (χ2v) is 6.96. The van der Waals surface area contributed by atoms with Crippen LogP contribution in [0.1, 0.15) is 34.5 Å². The lowest BCUT2D eigenvalue weighted by atomic mass is 10.1. The van der Waals surface area contributed by atoms with Crippen LogP contribution in [0.5, 0.6) is 5.75 Å². The molecule has 3 aromatic rings. The number of carbonyl (C=O) groups is 1. The first-order valence-electron chi connectivity index (χ1n) is 9.37. The molecule has 8 heteroatoms. The third kappa shape index (κ3) is 5.41. The van der Waals surface area contributed by atoms with Crippen LogP contribution >= 0.6 is 24.8 Å². The van der Waals surface area contributed by atoms with Crippen molar-refractivity contribution in [2.24, 2.45) is 0 Å². The van der Waals surface area contributed by atoms with Crippen molar-refractivity contribution in [3.63, 3.8) is 0 Å². The lowest BCUT2D eigenvalue weighted by Crippen LogP contribution is -2.45. The van der Waals surface area contributed by atoms with E-state index >= 15 is 0 Å². The average Bonchev–Trinajstić information content (AvgIpc) is 3.12. The van der Waals surface area contributed by atoms with Crippen molar-refractivity contribution in [2.75, 3.05) is 13.1 Å². The molecule has 0 radical (unpaired) electrons. The first-order chi connectivity index (χ1) is 13.2. The van der Waals surface area contributed by atoms with Gasteiger partial charge in [0, 0.05) is 25.0 Å². The van der Waals surface area contributed by atoms with Crippen molar-refractivity contribution >= 4 is 36.4 Å². The van der Waals surface area contributed by atoms with Gasteiger partial charge in [-0.15, -0.1) is 24.8 Å². The number of nitrogens with one attached hydrogen (secondary N) is 2. The Labute approximate surface area is 182 Å². The number of hydrogen-bond acceptors (Lipinski definition) is 4. The van der Waals surface area contributed by atoms with E-state index in [2.05, 4.69) is 15.6 Å². The summed E-state index contributed by atoms with van der Waals surface area (Å²) in [7, 11) is 0. The first kappa shape index (κ1) is 23.0. The number of rotatable bonds is 5. The molecule has 2 aromatic heterocycles. The number of benzene rings is 1. The fourth-order valence-electron chi connectivity index (χ4n) is 3.44. The van der Waals surface area contributed by atoms with Crippen molar-refractivity contribution in [3.8, 4) is 5.75 Å². The summed E-state index contributed by atoms with van der Waals surface area (Å²) < 4.78 is 7.94. The van der Waals surface area contributed by atoms with Gasteiger partial charge < -0.3 is 19.8 Å². The molecule has 29 heavy (non-hydrogen) atoms. The van der Waals surface area contributed by atoms with Crippen LogP contribution in [0, 0.1) is 6.92 Å². The smallest absolute Gasteiger partial charge is 0.255 e. The molecular weight excluding hydrogens is 411 g/mol. The van der Waals surface area contributed by atoms with Gasteiger partial charge in [-0.1, -0.05) is 18.2 Å². The molecule has 1 atom stereocenters. The minimum absolute atomic E-state index is 0. The Hall–Kier alpha value is -2.28. The molecule has 1 aliphatic rings. The van der Waals surface area contributed by atoms with Crippen molar-refractivity contribution in [2.45, 2.75) is 32.4 Å². The Kier molecular flexibility index (Phi) is 8.32. The van der Waals surface area contributed by atoms with Gasteiger partial charge in [-0.3, -0.25) is 4.79 Å². The number of amides is 1. The van der Waals surface area contributed by atoms with Crippen LogP contribution in [0.3, 0.4) is 0 Å². The van der Waals surface area contributed by atoms with E-state index < -0.39 is 0 Å². The molecule has 3 heterocycles. The molecule has 0 unspecified atom stereocenters. The Morgan fingerprint density at radius 3 is 2.86 bits per heavy atom. The van der Waals surface area contributed by atoms with Gasteiger partial charge in [-0.2, -0.15) is 0 Å². The number of carbonyl (C=O) groups excluding carboxylic acids is 1. The Bertz CT molecular complexity index is 955. The normalized spacial score (nSPS) is 15.8. The van der Waals surface area contributed by atoms with E-state index in [1.807, 2.05) is 54.0 Å². The monoisotopic (exact) mass is 436 g/mol. The van der Waals surface area contributed by atoms with Crippen LogP contribution in [-0.2, 0) is 6.61 Å². The number of hydrogen-bond donors (Lipinski definition) is 2. The summed E-state index contributed by atoms with van der Waals surface area (Å²) in [6.45, 7) is 4.18. The molecule has 1 aromatic carbocycles. The molecular formula is C21H26Cl2N4O2. The molecule has 0 spiro atoms. The van der Waals surface area contributed by atoms with Crippen molar-refractivity contribution < 1.29 is 9.53 Å². The Morgan fingerprint density at radius 2 is 2.10 bits per heavy atom. The molecule has 1 aliphatic heterocycles. The van der Waals surface area contributed by atoms with E-state index in [1.165, 1.54) is 0 Å². The number of piperidine rings is 1. The fourth-order valence-corrected chi connectivity index (χ4v) is 3.44. The second kappa shape index (κ2) is 10.5. The molecule has 1 fully saturated rings. The minimum atomic E-state index is -0.0925. The summed E-state index contributed by atoms with van der Waals surface area (Å²) in [5.74, 6) is 0.484. The summed E-state index contributed by atoms with van der Waals surface area (Å²) in [6.07, 6.45) is 6.01. The van der Waals surface area contributed by atoms with Crippen LogP contribution in [-0.4, -0.2) is 34.4 Å². The fraction of sp³-hybridized carbons (Fsp3) is 0.333. The maximum atomic E-state index is 12.7. The molecule has 1 saturated heterocycles. The van der Waals surface area contributed by atoms with Crippen LogP contribution in [0.4, 0.5) is 0 Å². The Morgan fingerprint density at radius 1 is 1.28 bits per heavy atom. The van der Waals surface area contributed by atoms with Crippen molar-refractivity contribution in [1.29, 1.82) is 0 Å². The molecule has 6 nitrogen and oxygen atoms in total. The van der Waals surface area contributed by atoms with Gasteiger partial charge in [-0.05, 0) is 50.1 Å². The van der Waals surface area contributed by atoms with Gasteiger partial charge in [0.2, 0.25) is 0 Å². The highest BCUT2D eigenvalue weighted by molar-refractivity contribution is 5.97. The number of ether oxygens (including phenoxy) is 1. The number of aromatic nitrogens is 2. The molecule has 0 saturated carbocycles. The minimum Gasteiger partial charge on any atom is -0.486 e. The molecule has 4 rings (SSSR count). The first-order valence-corrected chi connectivity index (χ1v) is 9.37. The van der Waals surface area contributed by atoms with Crippen LogP contribution < -0.4 is 15.4 Å². The van der Waals surface area contributed by atoms with E-state index in [-0.39, 0.29) is 36.8 Å². The van der Waals surface area contributed by atoms with Gasteiger partial charge in [0.1, 0.15) is 18.0 Å². The maximum Gasteiger partial charge on any atom is 0.255 e. The van der Waals surface area contributed by atoms with E-state index in [1.54, 1.807) is 6.07 Å². The predicted molar refractivity (Wildman–Crippen MR) is 119 cm³/mol. The molecule has 0 bridgehead atoms. The standard InChI is InChI=1S/C21H24N4O2.2ClH/c1-15-6-5-11-25-13-17(23-20(15)25)14-27-19-9-3-2-8-18(19)21(26)24-16-7-4-10-22-12-16;;/h2-3,5-6,8-9,11,13,16,22H,4,7,10,12,14H2,1H3,(H,24,26);2*1H/t16-;;/m0../s1. The third-order valence-corrected chi connectivity index (χ3v) is 4.87. The number of imidazole rings is 1. The number of aryl methyl sites for hydroxylation is 1. The van der Waals surface area contributed by atoms with Gasteiger partial charge >= 0.3 is 0 Å². The summed E-state index contributed by atoms with van der Waals surface area (Å²) in [5.41, 5.74) is 3.43. The SMILES string of the molecule is Cc1cccn2cc(COc3ccccc3C(=O)N[C@H]3CCCNC3)nc12.Cl.Cl. The highest BCUT2D eigenvalue weighted by atomic mass is 35.5. The lowest BCUT2D eigenvalue weighted by Gasteiger charge is -2.24. The summed E-state index contributed by atoms with van der Waals surface area (Å²) in [4.78, 5) is 17.3. The molecule has 156 valence electrons. The second-order valence-electron chi connectivity index (χ2n) is 6.96. The zero-order chi connectivity index (χ0) is 18.6. The van der Waals surface area contributed by atoms with E-state index in [9.17, 15) is 4.79 Å². The van der Waals surface area contributed by atoms with Gasteiger partial charge in [0.05, 0.1) is 11.3 Å². The van der Waals surface area contributed by atoms with Gasteiger partial charge in [0.25, 0.3) is 5.91 Å². The highest BCUT2D eigenvalue weighted by Crippen LogP contribution is 2.20. The highest BCUT2D eigenvalue weighted by Gasteiger charge is 2.19. The van der Waals surface area contributed by atoms with Crippen LogP contribution in [0.15, 0.2) is 48.8 Å². The van der Waals surface area contributed by atoms with E-state index in [4.69, 9.17) is 4.74 Å². The largest absolute Gasteiger partial charge is 0.486 e. The summed E-state index contributed by atoms with van der Waals surface area (Å²) >= 11 is 0. The van der Waals surface area contributed by atoms with Crippen LogP contribution in [0.2, 0.25) is 0 Å². The van der Waals surface area contributed by atoms with Crippen molar-refractivity contribution in [1.82, 2.24) is 20.0 Å². The topological polar surface area (TPSA) is 67.7 Å². The van der Waals surface area contributed by atoms with Gasteiger partial charge in [0.15, 0.2) is 0 Å². The number of halogens is 2. The number of nitrogens with zero attached hydrogens (tertiary/aromatic N) is 2. The van der Waals surface area contributed by atoms with Crippen LogP contribution in [0.25, 0.3) is 5.65 Å². The third-order valence-electron chi connectivity index (χ3n) is 4.87.